The molecule has 2 N–H and O–H groups in total. The molecule has 0 saturated carbocycles. The molecule has 5 nitrogen and oxygen atoms in total. The average molecular weight is 438 g/mol. The molecule has 2 aromatic carbocycles. The van der Waals surface area contributed by atoms with E-state index in [0.29, 0.717) is 31.0 Å². The highest BCUT2D eigenvalue weighted by molar-refractivity contribution is 6.30. The first-order valence-corrected chi connectivity index (χ1v) is 11.3. The van der Waals surface area contributed by atoms with E-state index in [-0.39, 0.29) is 17.7 Å². The Bertz CT molecular complexity index is 1040. The Kier molecular flexibility index (Phi) is 6.92. The lowest BCUT2D eigenvalue weighted by Gasteiger charge is -2.32. The number of para-hydroxylation sites is 1. The van der Waals surface area contributed by atoms with Crippen molar-refractivity contribution in [2.24, 2.45) is 5.92 Å². The minimum atomic E-state index is -0.129. The summed E-state index contributed by atoms with van der Waals surface area (Å²) in [4.78, 5) is 30.6. The van der Waals surface area contributed by atoms with Crippen LogP contribution in [0, 0.1) is 5.92 Å². The van der Waals surface area contributed by atoms with E-state index in [9.17, 15) is 9.59 Å². The lowest BCUT2D eigenvalue weighted by atomic mass is 9.96. The number of fused-ring (bicyclic) bond motifs is 1. The number of carbonyl (C=O) groups excluding carboxylic acids is 2. The van der Waals surface area contributed by atoms with Gasteiger partial charge in [0, 0.05) is 48.2 Å². The Morgan fingerprint density at radius 1 is 1.10 bits per heavy atom. The molecule has 0 bridgehead atoms. The molecule has 1 fully saturated rings. The Balaban J connectivity index is 1.24. The predicted molar refractivity (Wildman–Crippen MR) is 124 cm³/mol. The van der Waals surface area contributed by atoms with E-state index in [0.717, 1.165) is 42.5 Å². The normalized spacial score (nSPS) is 16.4. The van der Waals surface area contributed by atoms with Crippen molar-refractivity contribution in [2.75, 3.05) is 19.6 Å². The number of amides is 2. The first-order valence-electron chi connectivity index (χ1n) is 10.9. The molecule has 0 radical (unpaired) electrons. The van der Waals surface area contributed by atoms with Crippen LogP contribution in [0.1, 0.15) is 30.4 Å². The van der Waals surface area contributed by atoms with Gasteiger partial charge in [-0.1, -0.05) is 41.9 Å². The molecule has 3 aromatic rings. The van der Waals surface area contributed by atoms with Crippen LogP contribution < -0.4 is 5.32 Å². The van der Waals surface area contributed by atoms with Gasteiger partial charge in [-0.2, -0.15) is 0 Å². The highest BCUT2D eigenvalue weighted by Gasteiger charge is 2.28. The standard InChI is InChI=1S/C25H28ClN3O2/c26-21-10-7-18(8-11-21)13-14-27-25(31)20-4-3-15-29(17-20)24(30)12-9-19-16-28-23-6-2-1-5-22(19)23/h1-2,5-8,10-11,16,20,28H,3-4,9,12-15,17H2,(H,27,31)/t20-/m1/s1. The quantitative estimate of drug-likeness (QED) is 0.577. The molecule has 162 valence electrons. The highest BCUT2D eigenvalue weighted by atomic mass is 35.5. The minimum absolute atomic E-state index is 0.0445. The monoisotopic (exact) mass is 437 g/mol. The van der Waals surface area contributed by atoms with Gasteiger partial charge in [-0.15, -0.1) is 0 Å². The van der Waals surface area contributed by atoms with Gasteiger partial charge in [-0.05, 0) is 55.0 Å². The summed E-state index contributed by atoms with van der Waals surface area (Å²) in [6.45, 7) is 1.84. The summed E-state index contributed by atoms with van der Waals surface area (Å²) in [6.07, 6.45) is 5.63. The van der Waals surface area contributed by atoms with Gasteiger partial charge in [0.25, 0.3) is 0 Å². The summed E-state index contributed by atoms with van der Waals surface area (Å²) in [6, 6.07) is 15.8. The van der Waals surface area contributed by atoms with E-state index in [1.54, 1.807) is 0 Å². The number of carbonyl (C=O) groups is 2. The Morgan fingerprint density at radius 2 is 1.90 bits per heavy atom. The fraction of sp³-hybridized carbons (Fsp3) is 0.360. The van der Waals surface area contributed by atoms with Crippen molar-refractivity contribution >= 4 is 34.3 Å². The van der Waals surface area contributed by atoms with Gasteiger partial charge >= 0.3 is 0 Å². The maximum absolute atomic E-state index is 12.8. The SMILES string of the molecule is O=C(NCCc1ccc(Cl)cc1)[C@@H]1CCCN(C(=O)CCc2c[nH]c3ccccc23)C1. The van der Waals surface area contributed by atoms with E-state index in [1.807, 2.05) is 53.6 Å². The highest BCUT2D eigenvalue weighted by Crippen LogP contribution is 2.21. The van der Waals surface area contributed by atoms with Crippen LogP contribution in [-0.4, -0.2) is 41.3 Å². The fourth-order valence-corrected chi connectivity index (χ4v) is 4.41. The molecule has 0 unspecified atom stereocenters. The molecule has 4 rings (SSSR count). The molecule has 31 heavy (non-hydrogen) atoms. The minimum Gasteiger partial charge on any atom is -0.361 e. The van der Waals surface area contributed by atoms with Crippen molar-refractivity contribution in [2.45, 2.75) is 32.1 Å². The largest absolute Gasteiger partial charge is 0.361 e. The molecule has 1 aliphatic rings. The van der Waals surface area contributed by atoms with Crippen LogP contribution in [0.3, 0.4) is 0 Å². The number of nitrogens with zero attached hydrogens (tertiary/aromatic N) is 1. The van der Waals surface area contributed by atoms with Crippen molar-refractivity contribution in [1.82, 2.24) is 15.2 Å². The molecule has 1 aliphatic heterocycles. The molecule has 2 heterocycles. The third-order valence-electron chi connectivity index (χ3n) is 6.05. The Labute approximate surface area is 187 Å². The molecule has 0 spiro atoms. The van der Waals surface area contributed by atoms with Crippen molar-refractivity contribution in [3.05, 3.63) is 70.9 Å². The second kappa shape index (κ2) is 10.0. The summed E-state index contributed by atoms with van der Waals surface area (Å²) < 4.78 is 0. The average Bonchev–Trinajstić information content (AvgIpc) is 3.22. The second-order valence-electron chi connectivity index (χ2n) is 8.21. The molecule has 1 saturated heterocycles. The van der Waals surface area contributed by atoms with Crippen LogP contribution in [0.5, 0.6) is 0 Å². The zero-order valence-corrected chi connectivity index (χ0v) is 18.3. The van der Waals surface area contributed by atoms with Crippen LogP contribution >= 0.6 is 11.6 Å². The van der Waals surface area contributed by atoms with E-state index in [1.165, 1.54) is 5.39 Å². The number of aryl methyl sites for hydroxylation is 1. The number of hydrogen-bond donors (Lipinski definition) is 2. The van der Waals surface area contributed by atoms with Gasteiger partial charge in [-0.25, -0.2) is 0 Å². The number of likely N-dealkylation sites (tertiary alicyclic amines) is 1. The maximum Gasteiger partial charge on any atom is 0.224 e. The van der Waals surface area contributed by atoms with Gasteiger partial charge in [0.1, 0.15) is 0 Å². The van der Waals surface area contributed by atoms with Crippen LogP contribution in [-0.2, 0) is 22.4 Å². The van der Waals surface area contributed by atoms with Crippen molar-refractivity contribution in [3.8, 4) is 0 Å². The lowest BCUT2D eigenvalue weighted by Crippen LogP contribution is -2.45. The summed E-state index contributed by atoms with van der Waals surface area (Å²) in [5.41, 5.74) is 3.40. The number of rotatable bonds is 7. The van der Waals surface area contributed by atoms with Crippen molar-refractivity contribution < 1.29 is 9.59 Å². The topological polar surface area (TPSA) is 65.2 Å². The number of H-pyrrole nitrogens is 1. The van der Waals surface area contributed by atoms with E-state index < -0.39 is 0 Å². The van der Waals surface area contributed by atoms with Crippen LogP contribution in [0.15, 0.2) is 54.7 Å². The number of benzene rings is 2. The number of piperidine rings is 1. The zero-order chi connectivity index (χ0) is 21.6. The summed E-state index contributed by atoms with van der Waals surface area (Å²) in [7, 11) is 0. The van der Waals surface area contributed by atoms with Crippen LogP contribution in [0.25, 0.3) is 10.9 Å². The molecular weight excluding hydrogens is 410 g/mol. The summed E-state index contributed by atoms with van der Waals surface area (Å²) in [5.74, 6) is 0.0445. The lowest BCUT2D eigenvalue weighted by molar-refractivity contribution is -0.135. The number of halogens is 1. The summed E-state index contributed by atoms with van der Waals surface area (Å²) in [5, 5.41) is 4.92. The second-order valence-corrected chi connectivity index (χ2v) is 8.64. The van der Waals surface area contributed by atoms with Gasteiger partial charge in [-0.3, -0.25) is 9.59 Å². The maximum atomic E-state index is 12.8. The number of hydrogen-bond acceptors (Lipinski definition) is 2. The number of aromatic amines is 1. The van der Waals surface area contributed by atoms with E-state index in [4.69, 9.17) is 11.6 Å². The third-order valence-corrected chi connectivity index (χ3v) is 6.31. The number of aromatic nitrogens is 1. The fourth-order valence-electron chi connectivity index (χ4n) is 4.28. The zero-order valence-electron chi connectivity index (χ0n) is 17.6. The van der Waals surface area contributed by atoms with Crippen molar-refractivity contribution in [1.29, 1.82) is 0 Å². The van der Waals surface area contributed by atoms with Crippen LogP contribution in [0.2, 0.25) is 5.02 Å². The van der Waals surface area contributed by atoms with E-state index in [2.05, 4.69) is 16.4 Å². The Morgan fingerprint density at radius 3 is 2.74 bits per heavy atom. The molecule has 1 atom stereocenters. The summed E-state index contributed by atoms with van der Waals surface area (Å²) >= 11 is 5.91. The van der Waals surface area contributed by atoms with Gasteiger partial charge < -0.3 is 15.2 Å². The van der Waals surface area contributed by atoms with Crippen LogP contribution in [0.4, 0.5) is 0 Å². The predicted octanol–water partition coefficient (Wildman–Crippen LogP) is 4.35. The first-order chi connectivity index (χ1) is 15.1. The molecule has 6 heteroatoms. The molecule has 0 aliphatic carbocycles. The molecule has 2 amide bonds. The first kappa shape index (κ1) is 21.4. The Hall–Kier alpha value is -2.79. The van der Waals surface area contributed by atoms with Gasteiger partial charge in [0.15, 0.2) is 0 Å². The van der Waals surface area contributed by atoms with E-state index >= 15 is 0 Å². The molecular formula is C25H28ClN3O2. The molecule has 1 aromatic heterocycles. The third kappa shape index (κ3) is 5.47. The van der Waals surface area contributed by atoms with Gasteiger partial charge in [0.2, 0.25) is 11.8 Å². The van der Waals surface area contributed by atoms with Gasteiger partial charge in [0.05, 0.1) is 5.92 Å². The number of nitrogens with one attached hydrogen (secondary N) is 2. The van der Waals surface area contributed by atoms with Crippen molar-refractivity contribution in [3.63, 3.8) is 0 Å². The smallest absolute Gasteiger partial charge is 0.224 e.